The molecule has 80 valence electrons. The summed E-state index contributed by atoms with van der Waals surface area (Å²) >= 11 is 0. The fraction of sp³-hybridized carbons (Fsp3) is 0.636. The zero-order valence-corrected chi connectivity index (χ0v) is 9.14. The van der Waals surface area contributed by atoms with Crippen molar-refractivity contribution in [2.75, 3.05) is 0 Å². The van der Waals surface area contributed by atoms with Gasteiger partial charge in [-0.15, -0.1) is 0 Å². The molecule has 0 amide bonds. The van der Waals surface area contributed by atoms with Crippen LogP contribution in [-0.2, 0) is 0 Å². The highest BCUT2D eigenvalue weighted by Gasteiger charge is 2.27. The lowest BCUT2D eigenvalue weighted by molar-refractivity contribution is 0.525. The van der Waals surface area contributed by atoms with Crippen LogP contribution in [0.25, 0.3) is 0 Å². The molecule has 0 aromatic carbocycles. The smallest absolute Gasteiger partial charge is 0.138 e. The third kappa shape index (κ3) is 2.18. The molecule has 15 heavy (non-hydrogen) atoms. The van der Waals surface area contributed by atoms with Gasteiger partial charge in [0.1, 0.15) is 6.04 Å². The SMILES string of the molecule is CC(C)n1cncc1C(C#N)NC1CC1. The van der Waals surface area contributed by atoms with Crippen LogP contribution < -0.4 is 5.32 Å². The number of aromatic nitrogens is 2. The molecule has 1 aromatic heterocycles. The van der Waals surface area contributed by atoms with Crippen molar-refractivity contribution in [2.45, 2.75) is 44.8 Å². The van der Waals surface area contributed by atoms with Crippen molar-refractivity contribution in [1.82, 2.24) is 14.9 Å². The van der Waals surface area contributed by atoms with Gasteiger partial charge in [-0.1, -0.05) is 0 Å². The Bertz CT molecular complexity index is 370. The number of rotatable bonds is 4. The molecule has 1 N–H and O–H groups in total. The average Bonchev–Trinajstić information content (AvgIpc) is 2.89. The van der Waals surface area contributed by atoms with Crippen molar-refractivity contribution < 1.29 is 0 Å². The van der Waals surface area contributed by atoms with Crippen LogP contribution in [0, 0.1) is 11.3 Å². The van der Waals surface area contributed by atoms with Gasteiger partial charge >= 0.3 is 0 Å². The Balaban J connectivity index is 2.17. The van der Waals surface area contributed by atoms with Gasteiger partial charge in [-0.05, 0) is 26.7 Å². The van der Waals surface area contributed by atoms with Gasteiger partial charge in [0.25, 0.3) is 0 Å². The predicted molar refractivity (Wildman–Crippen MR) is 57.1 cm³/mol. The van der Waals surface area contributed by atoms with Crippen LogP contribution in [-0.4, -0.2) is 15.6 Å². The second-order valence-electron chi connectivity index (χ2n) is 4.32. The summed E-state index contributed by atoms with van der Waals surface area (Å²) in [4.78, 5) is 4.11. The van der Waals surface area contributed by atoms with Gasteiger partial charge < -0.3 is 4.57 Å². The van der Waals surface area contributed by atoms with E-state index in [1.165, 1.54) is 12.8 Å². The molecule has 1 heterocycles. The maximum atomic E-state index is 9.13. The van der Waals surface area contributed by atoms with Gasteiger partial charge in [0.2, 0.25) is 0 Å². The summed E-state index contributed by atoms with van der Waals surface area (Å²) in [6.07, 6.45) is 5.95. The molecule has 0 spiro atoms. The van der Waals surface area contributed by atoms with E-state index in [4.69, 9.17) is 5.26 Å². The van der Waals surface area contributed by atoms with Crippen LogP contribution >= 0.6 is 0 Å². The fourth-order valence-corrected chi connectivity index (χ4v) is 1.64. The summed E-state index contributed by atoms with van der Waals surface area (Å²) in [5.74, 6) is 0. The normalized spacial score (nSPS) is 17.7. The van der Waals surface area contributed by atoms with E-state index in [1.807, 2.05) is 4.57 Å². The van der Waals surface area contributed by atoms with Crippen molar-refractivity contribution in [3.8, 4) is 6.07 Å². The van der Waals surface area contributed by atoms with E-state index < -0.39 is 0 Å². The summed E-state index contributed by atoms with van der Waals surface area (Å²) in [6.45, 7) is 4.19. The number of imidazole rings is 1. The molecular weight excluding hydrogens is 188 g/mol. The number of nitrogens with one attached hydrogen (secondary N) is 1. The lowest BCUT2D eigenvalue weighted by Gasteiger charge is -2.16. The Morgan fingerprint density at radius 2 is 2.33 bits per heavy atom. The van der Waals surface area contributed by atoms with E-state index in [9.17, 15) is 0 Å². The largest absolute Gasteiger partial charge is 0.330 e. The Labute approximate surface area is 89.9 Å². The van der Waals surface area contributed by atoms with E-state index >= 15 is 0 Å². The molecule has 4 heteroatoms. The second kappa shape index (κ2) is 4.03. The highest BCUT2D eigenvalue weighted by Crippen LogP contribution is 2.24. The molecule has 0 aliphatic heterocycles. The first kappa shape index (κ1) is 10.2. The first-order chi connectivity index (χ1) is 7.22. The Morgan fingerprint density at radius 3 is 2.87 bits per heavy atom. The molecule has 0 saturated heterocycles. The molecule has 1 saturated carbocycles. The molecule has 1 aromatic rings. The van der Waals surface area contributed by atoms with Crippen molar-refractivity contribution in [1.29, 1.82) is 5.26 Å². The van der Waals surface area contributed by atoms with E-state index in [2.05, 4.69) is 30.2 Å². The van der Waals surface area contributed by atoms with Gasteiger partial charge in [-0.25, -0.2) is 4.98 Å². The van der Waals surface area contributed by atoms with E-state index in [1.54, 1.807) is 12.5 Å². The molecule has 1 unspecified atom stereocenters. The van der Waals surface area contributed by atoms with E-state index in [0.29, 0.717) is 12.1 Å². The van der Waals surface area contributed by atoms with E-state index in [0.717, 1.165) is 5.69 Å². The highest BCUT2D eigenvalue weighted by atomic mass is 15.1. The second-order valence-corrected chi connectivity index (χ2v) is 4.32. The summed E-state index contributed by atoms with van der Waals surface area (Å²) in [5.41, 5.74) is 0.972. The quantitative estimate of drug-likeness (QED) is 0.813. The molecule has 4 nitrogen and oxygen atoms in total. The van der Waals surface area contributed by atoms with Gasteiger partial charge in [-0.3, -0.25) is 5.32 Å². The lowest BCUT2D eigenvalue weighted by Crippen LogP contribution is -2.24. The van der Waals surface area contributed by atoms with Crippen molar-refractivity contribution in [2.24, 2.45) is 0 Å². The monoisotopic (exact) mass is 204 g/mol. The number of nitriles is 1. The number of hydrogen-bond acceptors (Lipinski definition) is 3. The molecule has 2 rings (SSSR count). The summed E-state index contributed by atoms with van der Waals surface area (Å²) in [5, 5.41) is 12.4. The standard InChI is InChI=1S/C11H16N4/c1-8(2)15-7-13-6-11(15)10(5-12)14-9-3-4-9/h6-10,14H,3-4H2,1-2H3. The first-order valence-corrected chi connectivity index (χ1v) is 5.39. The minimum atomic E-state index is -0.220. The molecule has 1 fully saturated rings. The zero-order chi connectivity index (χ0) is 10.8. The zero-order valence-electron chi connectivity index (χ0n) is 9.14. The van der Waals surface area contributed by atoms with Crippen molar-refractivity contribution in [3.05, 3.63) is 18.2 Å². The molecule has 0 radical (unpaired) electrons. The highest BCUT2D eigenvalue weighted by molar-refractivity contribution is 5.15. The van der Waals surface area contributed by atoms with Crippen LogP contribution in [0.1, 0.15) is 44.5 Å². The third-order valence-corrected chi connectivity index (χ3v) is 2.66. The lowest BCUT2D eigenvalue weighted by atomic mass is 10.2. The minimum Gasteiger partial charge on any atom is -0.330 e. The number of hydrogen-bond donors (Lipinski definition) is 1. The first-order valence-electron chi connectivity index (χ1n) is 5.39. The molecule has 0 bridgehead atoms. The Hall–Kier alpha value is -1.34. The third-order valence-electron chi connectivity index (χ3n) is 2.66. The van der Waals surface area contributed by atoms with Crippen LogP contribution in [0.15, 0.2) is 12.5 Å². The van der Waals surface area contributed by atoms with Crippen LogP contribution in [0.2, 0.25) is 0 Å². The van der Waals surface area contributed by atoms with Gasteiger partial charge in [-0.2, -0.15) is 5.26 Å². The van der Waals surface area contributed by atoms with Gasteiger partial charge in [0.15, 0.2) is 0 Å². The number of nitrogens with zero attached hydrogens (tertiary/aromatic N) is 3. The Morgan fingerprint density at radius 1 is 1.60 bits per heavy atom. The average molecular weight is 204 g/mol. The maximum Gasteiger partial charge on any atom is 0.138 e. The minimum absolute atomic E-state index is 0.220. The van der Waals surface area contributed by atoms with Crippen LogP contribution in [0.4, 0.5) is 0 Å². The summed E-state index contributed by atoms with van der Waals surface area (Å²) in [7, 11) is 0. The summed E-state index contributed by atoms with van der Waals surface area (Å²) in [6, 6.07) is 2.96. The molecule has 1 aliphatic carbocycles. The maximum absolute atomic E-state index is 9.13. The van der Waals surface area contributed by atoms with Gasteiger partial charge in [0.05, 0.1) is 24.3 Å². The molecule has 1 atom stereocenters. The topological polar surface area (TPSA) is 53.6 Å². The molecular formula is C11H16N4. The molecule has 1 aliphatic rings. The predicted octanol–water partition coefficient (Wildman–Crippen LogP) is 1.78. The Kier molecular flexibility index (Phi) is 2.74. The van der Waals surface area contributed by atoms with Crippen molar-refractivity contribution in [3.63, 3.8) is 0 Å². The van der Waals surface area contributed by atoms with Crippen LogP contribution in [0.5, 0.6) is 0 Å². The fourth-order valence-electron chi connectivity index (χ4n) is 1.64. The van der Waals surface area contributed by atoms with Crippen LogP contribution in [0.3, 0.4) is 0 Å². The van der Waals surface area contributed by atoms with Crippen molar-refractivity contribution >= 4 is 0 Å². The van der Waals surface area contributed by atoms with E-state index in [-0.39, 0.29) is 6.04 Å². The summed E-state index contributed by atoms with van der Waals surface area (Å²) < 4.78 is 2.04. The van der Waals surface area contributed by atoms with Gasteiger partial charge in [0, 0.05) is 12.1 Å².